The molecule has 0 radical (unpaired) electrons. The van der Waals surface area contributed by atoms with Crippen LogP contribution in [0.15, 0.2) is 42.5 Å². The van der Waals surface area contributed by atoms with E-state index >= 15 is 8.78 Å². The maximum atomic E-state index is 15.3. The van der Waals surface area contributed by atoms with Gasteiger partial charge in [-0.25, -0.2) is 22.5 Å². The third-order valence-electron chi connectivity index (χ3n) is 9.65. The fraction of sp³-hybridized carbons (Fsp3) is 0.390. The number of alkyl halides is 4. The zero-order valence-electron chi connectivity index (χ0n) is 32.3. The van der Waals surface area contributed by atoms with E-state index in [4.69, 9.17) is 16.6 Å². The van der Waals surface area contributed by atoms with Gasteiger partial charge in [0, 0.05) is 48.7 Å². The van der Waals surface area contributed by atoms with Crippen molar-refractivity contribution in [2.24, 2.45) is 18.9 Å². The number of aromatic nitrogens is 5. The molecular weight excluding hydrogens is 788 g/mol. The Morgan fingerprint density at radius 3 is 2.34 bits per heavy atom. The van der Waals surface area contributed by atoms with E-state index in [9.17, 15) is 32.3 Å². The summed E-state index contributed by atoms with van der Waals surface area (Å²) in [5.41, 5.74) is -1.18. The normalized spacial score (nSPS) is 16.9. The molecule has 3 heterocycles. The van der Waals surface area contributed by atoms with E-state index in [0.29, 0.717) is 43.6 Å². The Bertz CT molecular complexity index is 2450. The molecule has 2 aromatic carbocycles. The second kappa shape index (κ2) is 16.1. The Hall–Kier alpha value is -5.40. The number of anilines is 1. The molecule has 1 saturated carbocycles. The van der Waals surface area contributed by atoms with Crippen LogP contribution in [0.4, 0.5) is 32.2 Å². The largest absolute Gasteiger partial charge is 0.378 e. The van der Waals surface area contributed by atoms with Crippen molar-refractivity contribution >= 4 is 40.5 Å². The quantitative estimate of drug-likeness (QED) is 0.0740. The van der Waals surface area contributed by atoms with Crippen LogP contribution in [0.2, 0.25) is 5.02 Å². The van der Waals surface area contributed by atoms with Gasteiger partial charge < -0.3 is 20.5 Å². The Labute approximate surface area is 335 Å². The number of carbonyl (C=O) groups excluding carboxylic acids is 2. The standard InChI is InChI=1S/C37H32ClF6N7O2.C4H8O/c1-36(2,53)10-9-20-5-6-21(22-7-8-25(38)29-32(22)50(4)49-35(29)45-3)30(46-20)26(13-17-11-18(39)14-19(40)12-17)47-27(52)16-51-33-28(31(48-51)34(41)42)23-15-24(23)37(33,43)44;1-4(2)3-5/h5-8,11-12,14,23-24,26,34,53H,13,15-16H2,1-4H3,(H,45,49)(H,47,52);3-4H,1-2H3/t23?,24?,26-;/m0./s1. The molecule has 3 aromatic heterocycles. The van der Waals surface area contributed by atoms with Gasteiger partial charge in [0.2, 0.25) is 5.91 Å². The van der Waals surface area contributed by atoms with Gasteiger partial charge in [-0.3, -0.25) is 14.2 Å². The van der Waals surface area contributed by atoms with Crippen molar-refractivity contribution in [1.29, 1.82) is 0 Å². The second-order valence-corrected chi connectivity index (χ2v) is 15.5. The summed E-state index contributed by atoms with van der Waals surface area (Å²) >= 11 is 6.61. The first-order chi connectivity index (χ1) is 27.2. The molecule has 2 unspecified atom stereocenters. The SMILES string of the molecule is CC(C)C=O.CNc1nn(C)c2c(-c3ccc(C#CC(C)(C)O)nc3[C@H](Cc3cc(F)cc(F)c3)NC(=O)Cn3nc(C(F)F)c4c3C(F)(F)C3CC43)ccc(Cl)c12. The number of nitrogens with one attached hydrogen (secondary N) is 2. The van der Waals surface area contributed by atoms with Crippen LogP contribution in [-0.2, 0) is 35.5 Å². The predicted molar refractivity (Wildman–Crippen MR) is 205 cm³/mol. The molecule has 0 saturated heterocycles. The molecule has 58 heavy (non-hydrogen) atoms. The molecule has 0 bridgehead atoms. The van der Waals surface area contributed by atoms with Gasteiger partial charge in [-0.15, -0.1) is 0 Å². The van der Waals surface area contributed by atoms with Crippen molar-refractivity contribution < 1.29 is 41.0 Å². The molecule has 2 aliphatic carbocycles. The fourth-order valence-corrected chi connectivity index (χ4v) is 7.40. The Balaban J connectivity index is 0.00000107. The van der Waals surface area contributed by atoms with Gasteiger partial charge in [-0.1, -0.05) is 37.4 Å². The lowest BCUT2D eigenvalue weighted by molar-refractivity contribution is -0.123. The number of benzene rings is 2. The van der Waals surface area contributed by atoms with E-state index in [2.05, 4.69) is 32.7 Å². The van der Waals surface area contributed by atoms with E-state index in [1.165, 1.54) is 13.8 Å². The number of halogens is 7. The van der Waals surface area contributed by atoms with Gasteiger partial charge in [0.25, 0.3) is 12.3 Å². The van der Waals surface area contributed by atoms with Crippen LogP contribution in [0, 0.1) is 35.3 Å². The van der Waals surface area contributed by atoms with Crippen LogP contribution < -0.4 is 10.6 Å². The Kier molecular flexibility index (Phi) is 11.7. The van der Waals surface area contributed by atoms with Crippen molar-refractivity contribution in [1.82, 2.24) is 29.9 Å². The van der Waals surface area contributed by atoms with Crippen molar-refractivity contribution in [2.75, 3.05) is 12.4 Å². The maximum absolute atomic E-state index is 15.3. The number of amides is 1. The van der Waals surface area contributed by atoms with Crippen molar-refractivity contribution in [3.8, 4) is 23.0 Å². The summed E-state index contributed by atoms with van der Waals surface area (Å²) in [6.07, 6.45) is -2.42. The van der Waals surface area contributed by atoms with Crippen LogP contribution in [0.5, 0.6) is 0 Å². The van der Waals surface area contributed by atoms with Crippen molar-refractivity contribution in [3.05, 3.63) is 93.0 Å². The average molecular weight is 828 g/mol. The Morgan fingerprint density at radius 2 is 1.74 bits per heavy atom. The average Bonchev–Trinajstić information content (AvgIpc) is 3.67. The van der Waals surface area contributed by atoms with Crippen LogP contribution in [0.25, 0.3) is 22.0 Å². The summed E-state index contributed by atoms with van der Waals surface area (Å²) < 4.78 is 89.8. The molecule has 10 nitrogen and oxygen atoms in total. The maximum Gasteiger partial charge on any atom is 0.293 e. The summed E-state index contributed by atoms with van der Waals surface area (Å²) in [7, 11) is 3.37. The third-order valence-corrected chi connectivity index (χ3v) is 9.96. The number of pyridine rings is 1. The van der Waals surface area contributed by atoms with Gasteiger partial charge in [0.1, 0.15) is 47.1 Å². The lowest BCUT2D eigenvalue weighted by Crippen LogP contribution is -2.35. The summed E-state index contributed by atoms with van der Waals surface area (Å²) in [5, 5.41) is 25.3. The van der Waals surface area contributed by atoms with Gasteiger partial charge in [0.05, 0.1) is 27.7 Å². The van der Waals surface area contributed by atoms with Gasteiger partial charge >= 0.3 is 0 Å². The number of rotatable bonds is 10. The minimum atomic E-state index is -3.46. The zero-order valence-corrected chi connectivity index (χ0v) is 33.0. The number of aryl methyl sites for hydroxylation is 1. The molecule has 2 aliphatic rings. The molecule has 3 N–H and O–H groups in total. The molecule has 0 spiro atoms. The number of aldehydes is 1. The highest BCUT2D eigenvalue weighted by Crippen LogP contribution is 2.68. The third kappa shape index (κ3) is 8.56. The topological polar surface area (TPSA) is 127 Å². The van der Waals surface area contributed by atoms with Crippen LogP contribution >= 0.6 is 11.6 Å². The summed E-state index contributed by atoms with van der Waals surface area (Å²) in [5.74, 6) is -1.88. The monoisotopic (exact) mass is 827 g/mol. The number of carbonyl (C=O) groups is 2. The second-order valence-electron chi connectivity index (χ2n) is 15.1. The highest BCUT2D eigenvalue weighted by atomic mass is 35.5. The van der Waals surface area contributed by atoms with Crippen molar-refractivity contribution in [2.45, 2.75) is 77.0 Å². The van der Waals surface area contributed by atoms with Gasteiger partial charge in [0.15, 0.2) is 5.82 Å². The van der Waals surface area contributed by atoms with E-state index < -0.39 is 71.3 Å². The predicted octanol–water partition coefficient (Wildman–Crippen LogP) is 8.02. The molecule has 1 fully saturated rings. The van der Waals surface area contributed by atoms with Gasteiger partial charge in [-0.05, 0) is 74.4 Å². The summed E-state index contributed by atoms with van der Waals surface area (Å²) in [6, 6.07) is 8.22. The minimum absolute atomic E-state index is 0.0511. The number of nitrogens with zero attached hydrogens (tertiary/aromatic N) is 5. The first-order valence-corrected chi connectivity index (χ1v) is 18.7. The van der Waals surface area contributed by atoms with Crippen molar-refractivity contribution in [3.63, 3.8) is 0 Å². The van der Waals surface area contributed by atoms with E-state index in [1.54, 1.807) is 43.0 Å². The molecule has 3 atom stereocenters. The summed E-state index contributed by atoms with van der Waals surface area (Å²) in [4.78, 5) is 28.1. The smallest absolute Gasteiger partial charge is 0.293 e. The highest BCUT2D eigenvalue weighted by molar-refractivity contribution is 6.37. The van der Waals surface area contributed by atoms with Crippen LogP contribution in [-0.4, -0.2) is 54.5 Å². The first kappa shape index (κ1) is 42.2. The fourth-order valence-electron chi connectivity index (χ4n) is 7.16. The van der Waals surface area contributed by atoms with E-state index in [-0.39, 0.29) is 41.3 Å². The molecule has 0 aliphatic heterocycles. The minimum Gasteiger partial charge on any atom is -0.378 e. The lowest BCUT2D eigenvalue weighted by Gasteiger charge is -2.23. The summed E-state index contributed by atoms with van der Waals surface area (Å²) in [6.45, 7) is 5.80. The van der Waals surface area contributed by atoms with Gasteiger partial charge in [-0.2, -0.15) is 19.0 Å². The number of aliphatic hydroxyl groups is 1. The molecule has 17 heteroatoms. The molecule has 5 aromatic rings. The van der Waals surface area contributed by atoms with Crippen LogP contribution in [0.3, 0.4) is 0 Å². The van der Waals surface area contributed by atoms with E-state index in [0.717, 1.165) is 18.4 Å². The number of hydrogen-bond donors (Lipinski definition) is 3. The van der Waals surface area contributed by atoms with Crippen LogP contribution in [0.1, 0.15) is 86.4 Å². The molecule has 306 valence electrons. The first-order valence-electron chi connectivity index (χ1n) is 18.3. The highest BCUT2D eigenvalue weighted by Gasteiger charge is 2.67. The molecule has 1 amide bonds. The molecule has 7 rings (SSSR count). The Morgan fingerprint density at radius 1 is 1.09 bits per heavy atom. The van der Waals surface area contributed by atoms with E-state index in [1.807, 2.05) is 13.8 Å². The molecular formula is C41H40ClF6N7O3. The zero-order chi connectivity index (χ0) is 42.4. The number of hydrogen-bond acceptors (Lipinski definition) is 7. The lowest BCUT2D eigenvalue weighted by atomic mass is 9.93. The number of fused-ring (bicyclic) bond motifs is 4.